The highest BCUT2D eigenvalue weighted by Crippen LogP contribution is 2.34. The van der Waals surface area contributed by atoms with Crippen LogP contribution in [0, 0.1) is 11.6 Å². The number of hydrogen-bond donors (Lipinski definition) is 2. The lowest BCUT2D eigenvalue weighted by atomic mass is 10.1. The normalized spacial score (nSPS) is 18.4. The van der Waals surface area contributed by atoms with E-state index in [-0.39, 0.29) is 46.6 Å². The largest absolute Gasteiger partial charge is 0.471 e. The lowest BCUT2D eigenvalue weighted by molar-refractivity contribution is -0.159. The average molecular weight is 579 g/mol. The molecule has 1 amide bonds. The number of nitrogens with zero attached hydrogens (tertiary/aromatic N) is 7. The van der Waals surface area contributed by atoms with Gasteiger partial charge in [0.2, 0.25) is 0 Å². The minimum atomic E-state index is -4.74. The van der Waals surface area contributed by atoms with E-state index in [4.69, 9.17) is 0 Å². The number of nitrogens with one attached hydrogen (secondary N) is 1. The number of alkyl halides is 3. The van der Waals surface area contributed by atoms with Crippen molar-refractivity contribution in [2.45, 2.75) is 37.6 Å². The molecule has 5 heterocycles. The molecule has 2 N–H and O–H groups in total. The number of aliphatic hydroxyl groups is 1. The number of rotatable bonds is 5. The van der Waals surface area contributed by atoms with Crippen LogP contribution in [0.3, 0.4) is 0 Å². The lowest BCUT2D eigenvalue weighted by Gasteiger charge is -2.31. The molecule has 16 heteroatoms. The third kappa shape index (κ3) is 5.14. The van der Waals surface area contributed by atoms with Crippen molar-refractivity contribution < 1.29 is 36.4 Å². The van der Waals surface area contributed by atoms with Crippen molar-refractivity contribution in [1.82, 2.24) is 29.6 Å². The second-order valence-corrected chi connectivity index (χ2v) is 9.93. The van der Waals surface area contributed by atoms with Gasteiger partial charge in [-0.25, -0.2) is 18.7 Å². The maximum absolute atomic E-state index is 15.2. The van der Waals surface area contributed by atoms with Crippen molar-refractivity contribution in [3.63, 3.8) is 0 Å². The van der Waals surface area contributed by atoms with E-state index in [2.05, 4.69) is 29.9 Å². The molecule has 2 aliphatic rings. The number of hydrogen-bond acceptors (Lipinski definition) is 9. The summed E-state index contributed by atoms with van der Waals surface area (Å²) in [6.45, 7) is 1.16. The van der Waals surface area contributed by atoms with Crippen molar-refractivity contribution >= 4 is 34.4 Å². The van der Waals surface area contributed by atoms with E-state index in [1.807, 2.05) is 0 Å². The molecule has 0 unspecified atom stereocenters. The second-order valence-electron chi connectivity index (χ2n) is 9.93. The van der Waals surface area contributed by atoms with E-state index < -0.39 is 35.7 Å². The van der Waals surface area contributed by atoms with E-state index in [0.717, 1.165) is 6.07 Å². The van der Waals surface area contributed by atoms with Crippen molar-refractivity contribution in [3.8, 4) is 0 Å². The molecule has 2 fully saturated rings. The van der Waals surface area contributed by atoms with E-state index in [9.17, 15) is 27.5 Å². The molecule has 0 spiro atoms. The zero-order valence-electron chi connectivity index (χ0n) is 21.3. The fourth-order valence-corrected chi connectivity index (χ4v) is 5.20. The predicted octanol–water partition coefficient (Wildman–Crippen LogP) is 3.90. The second kappa shape index (κ2) is 10.2. The van der Waals surface area contributed by atoms with Gasteiger partial charge in [-0.2, -0.15) is 18.2 Å². The number of carbonyl (C=O) groups is 1. The number of benzene rings is 1. The van der Waals surface area contributed by atoms with Gasteiger partial charge in [0.1, 0.15) is 23.6 Å². The molecular formula is C25H23F5N8O3. The van der Waals surface area contributed by atoms with Crippen LogP contribution in [0.25, 0.3) is 11.0 Å². The molecule has 4 aromatic rings. The van der Waals surface area contributed by atoms with Gasteiger partial charge >= 0.3 is 12.1 Å². The van der Waals surface area contributed by atoms with Crippen molar-refractivity contribution in [3.05, 3.63) is 53.8 Å². The predicted molar refractivity (Wildman–Crippen MR) is 133 cm³/mol. The topological polar surface area (TPSA) is 125 Å². The van der Waals surface area contributed by atoms with E-state index in [1.165, 1.54) is 29.6 Å². The standard InChI is InChI=1S/C25H23F5N8O3/c26-16-9-13(22(40)37-8-5-15(39)10-37)1-2-18(16)33-20-19-17(27)11-38(21(19)32-12-31-20)14-3-6-36(7-4-14)24-34-23(41-35-24)25(28,29)30/h1-2,9,11-12,14-15,39H,3-8,10H2,(H,31,32,33)/t15-/m1/s1. The number of aromatic nitrogens is 5. The molecule has 0 saturated carbocycles. The molecular weight excluding hydrogens is 555 g/mol. The monoisotopic (exact) mass is 578 g/mol. The fraction of sp³-hybridized carbons (Fsp3) is 0.400. The summed E-state index contributed by atoms with van der Waals surface area (Å²) in [4.78, 5) is 27.4. The third-order valence-electron chi connectivity index (χ3n) is 7.28. The Morgan fingerprint density at radius 3 is 2.51 bits per heavy atom. The molecule has 2 aliphatic heterocycles. The zero-order valence-corrected chi connectivity index (χ0v) is 21.3. The number of likely N-dealkylation sites (tertiary alicyclic amines) is 1. The third-order valence-corrected chi connectivity index (χ3v) is 7.28. The molecule has 41 heavy (non-hydrogen) atoms. The fourth-order valence-electron chi connectivity index (χ4n) is 5.20. The first kappa shape index (κ1) is 26.9. The number of halogens is 5. The first-order valence-corrected chi connectivity index (χ1v) is 12.8. The first-order chi connectivity index (χ1) is 19.6. The SMILES string of the molecule is O=C(c1ccc(Nc2ncnc3c2c(F)cn3C2CCN(c3noc(C(F)(F)F)n3)CC2)c(F)c1)N1CC[C@@H](O)C1. The number of aliphatic hydroxyl groups excluding tert-OH is 1. The number of anilines is 3. The van der Waals surface area contributed by atoms with Crippen LogP contribution in [0.5, 0.6) is 0 Å². The van der Waals surface area contributed by atoms with E-state index in [0.29, 0.717) is 38.9 Å². The highest BCUT2D eigenvalue weighted by atomic mass is 19.4. The zero-order chi connectivity index (χ0) is 28.9. The van der Waals surface area contributed by atoms with Gasteiger partial charge in [0.25, 0.3) is 11.9 Å². The summed E-state index contributed by atoms with van der Waals surface area (Å²) in [5.74, 6) is -3.35. The van der Waals surface area contributed by atoms with Crippen LogP contribution in [-0.2, 0) is 6.18 Å². The number of β-amino-alcohol motifs (C(OH)–C–C–N with tert-alkyl or cyclic N) is 1. The van der Waals surface area contributed by atoms with Gasteiger partial charge < -0.3 is 29.3 Å². The summed E-state index contributed by atoms with van der Waals surface area (Å²) in [6, 6.07) is 3.63. The summed E-state index contributed by atoms with van der Waals surface area (Å²) in [5, 5.41) is 15.9. The van der Waals surface area contributed by atoms with Gasteiger partial charge in [0.05, 0.1) is 17.2 Å². The maximum Gasteiger partial charge on any atom is 0.471 e. The van der Waals surface area contributed by atoms with Crippen LogP contribution in [-0.4, -0.2) is 72.9 Å². The Hall–Kier alpha value is -4.34. The minimum absolute atomic E-state index is 0.0239. The quantitative estimate of drug-likeness (QED) is 0.339. The van der Waals surface area contributed by atoms with Crippen LogP contribution >= 0.6 is 0 Å². The molecule has 11 nitrogen and oxygen atoms in total. The van der Waals surface area contributed by atoms with Crippen LogP contribution in [0.15, 0.2) is 35.2 Å². The Morgan fingerprint density at radius 2 is 1.85 bits per heavy atom. The molecule has 0 bridgehead atoms. The van der Waals surface area contributed by atoms with Gasteiger partial charge in [0.15, 0.2) is 5.82 Å². The Morgan fingerprint density at radius 1 is 1.07 bits per heavy atom. The van der Waals surface area contributed by atoms with Gasteiger partial charge in [-0.05, 0) is 42.6 Å². The summed E-state index contributed by atoms with van der Waals surface area (Å²) >= 11 is 0. The maximum atomic E-state index is 15.2. The summed E-state index contributed by atoms with van der Waals surface area (Å²) in [7, 11) is 0. The Balaban J connectivity index is 1.18. The Kier molecular flexibility index (Phi) is 6.71. The summed E-state index contributed by atoms with van der Waals surface area (Å²) in [6.07, 6.45) is -1.53. The molecule has 0 aliphatic carbocycles. The van der Waals surface area contributed by atoms with Crippen LogP contribution in [0.4, 0.5) is 39.4 Å². The number of piperidine rings is 1. The van der Waals surface area contributed by atoms with E-state index in [1.54, 1.807) is 9.47 Å². The molecule has 3 aromatic heterocycles. The van der Waals surface area contributed by atoms with E-state index >= 15 is 4.39 Å². The summed E-state index contributed by atoms with van der Waals surface area (Å²) in [5.41, 5.74) is 0.355. The highest BCUT2D eigenvalue weighted by Gasteiger charge is 2.39. The number of carbonyl (C=O) groups excluding carboxylic acids is 1. The van der Waals surface area contributed by atoms with Crippen LogP contribution in [0.1, 0.15) is 41.6 Å². The summed E-state index contributed by atoms with van der Waals surface area (Å²) < 4.78 is 74.5. The van der Waals surface area contributed by atoms with Crippen molar-refractivity contribution in [1.29, 1.82) is 0 Å². The molecule has 2 saturated heterocycles. The molecule has 0 radical (unpaired) electrons. The van der Waals surface area contributed by atoms with Gasteiger partial charge in [-0.3, -0.25) is 4.79 Å². The van der Waals surface area contributed by atoms with Gasteiger partial charge in [-0.1, -0.05) is 0 Å². The van der Waals surface area contributed by atoms with Crippen LogP contribution in [0.2, 0.25) is 0 Å². The average Bonchev–Trinajstić information content (AvgIpc) is 3.69. The molecule has 1 atom stereocenters. The number of amides is 1. The van der Waals surface area contributed by atoms with Gasteiger partial charge in [-0.15, -0.1) is 0 Å². The smallest absolute Gasteiger partial charge is 0.391 e. The van der Waals surface area contributed by atoms with Crippen LogP contribution < -0.4 is 10.2 Å². The lowest BCUT2D eigenvalue weighted by Crippen LogP contribution is -2.35. The Labute approximate surface area is 228 Å². The molecule has 216 valence electrons. The number of fused-ring (bicyclic) bond motifs is 1. The first-order valence-electron chi connectivity index (χ1n) is 12.8. The highest BCUT2D eigenvalue weighted by molar-refractivity contribution is 5.95. The van der Waals surface area contributed by atoms with Crippen molar-refractivity contribution in [2.75, 3.05) is 36.4 Å². The molecule has 6 rings (SSSR count). The van der Waals surface area contributed by atoms with Crippen molar-refractivity contribution in [2.24, 2.45) is 0 Å². The minimum Gasteiger partial charge on any atom is -0.391 e. The molecule has 1 aromatic carbocycles. The van der Waals surface area contributed by atoms with Gasteiger partial charge in [0, 0.05) is 44.0 Å². The Bertz CT molecular complexity index is 1600.